The number of amides is 2. The summed E-state index contributed by atoms with van der Waals surface area (Å²) in [6, 6.07) is 10.8. The number of carboxylic acid groups (broad SMARTS) is 2. The summed E-state index contributed by atoms with van der Waals surface area (Å²) in [5.74, 6) is -3.58. The number of hydrogen-bond donors (Lipinski definition) is 6. The highest BCUT2D eigenvalue weighted by Gasteiger charge is 2.39. The third-order valence-electron chi connectivity index (χ3n) is 9.10. The lowest BCUT2D eigenvalue weighted by Crippen LogP contribution is -2.44. The normalized spacial score (nSPS) is 16.3. The van der Waals surface area contributed by atoms with Gasteiger partial charge in [0.25, 0.3) is 0 Å². The summed E-state index contributed by atoms with van der Waals surface area (Å²) in [5.41, 5.74) is 2.37. The number of aromatic nitrogens is 3. The first-order valence-electron chi connectivity index (χ1n) is 18.1. The summed E-state index contributed by atoms with van der Waals surface area (Å²) in [5, 5.41) is 34.5. The second-order valence-electron chi connectivity index (χ2n) is 13.3. The first-order valence-corrected chi connectivity index (χ1v) is 18.5. The van der Waals surface area contributed by atoms with Crippen LogP contribution < -0.4 is 20.7 Å². The van der Waals surface area contributed by atoms with Crippen LogP contribution in [-0.2, 0) is 19.2 Å². The Labute approximate surface area is 337 Å². The lowest BCUT2D eigenvalue weighted by Gasteiger charge is -2.33. The maximum Gasteiger partial charge on any atom is 0.490 e. The predicted octanol–water partition coefficient (Wildman–Crippen LogP) is 6.14. The van der Waals surface area contributed by atoms with Crippen molar-refractivity contribution in [1.82, 2.24) is 25.2 Å². The van der Waals surface area contributed by atoms with Gasteiger partial charge in [0.05, 0.1) is 16.3 Å². The summed E-state index contributed by atoms with van der Waals surface area (Å²) in [7, 11) is 0. The van der Waals surface area contributed by atoms with Crippen molar-refractivity contribution < 1.29 is 65.6 Å². The Kier molecular flexibility index (Phi) is 16.2. The Morgan fingerprint density at radius 3 is 2.15 bits per heavy atom. The van der Waals surface area contributed by atoms with Crippen molar-refractivity contribution in [1.29, 1.82) is 0 Å². The van der Waals surface area contributed by atoms with Crippen LogP contribution in [0, 0.1) is 5.92 Å². The Hall–Kier alpha value is -5.70. The molecule has 6 N–H and O–H groups in total. The number of likely N-dealkylation sites (tertiary alicyclic amines) is 1. The monoisotopic (exact) mass is 859 g/mol. The van der Waals surface area contributed by atoms with Crippen LogP contribution in [0.4, 0.5) is 43.7 Å². The summed E-state index contributed by atoms with van der Waals surface area (Å²) < 4.78 is 69.7. The number of aliphatic hydroxyl groups is 1. The van der Waals surface area contributed by atoms with E-state index >= 15 is 0 Å². The molecule has 1 saturated carbocycles. The fourth-order valence-electron chi connectivity index (χ4n) is 6.11. The van der Waals surface area contributed by atoms with Crippen LogP contribution in [0.2, 0.25) is 5.02 Å². The molecule has 1 aliphatic carbocycles. The molecule has 3 aliphatic rings. The zero-order valence-electron chi connectivity index (χ0n) is 31.0. The summed E-state index contributed by atoms with van der Waals surface area (Å²) in [4.78, 5) is 58.6. The molecule has 15 nitrogen and oxygen atoms in total. The number of aliphatic hydroxyl groups excluding tert-OH is 1. The van der Waals surface area contributed by atoms with Crippen molar-refractivity contribution >= 4 is 58.8 Å². The molecule has 2 aromatic heterocycles. The number of hydrogen-bond acceptors (Lipinski definition) is 11. The van der Waals surface area contributed by atoms with Gasteiger partial charge in [0.1, 0.15) is 35.9 Å². The van der Waals surface area contributed by atoms with Gasteiger partial charge >= 0.3 is 24.3 Å². The van der Waals surface area contributed by atoms with Gasteiger partial charge in [-0.1, -0.05) is 30.5 Å². The molecule has 1 atom stereocenters. The minimum absolute atomic E-state index is 0.00239. The van der Waals surface area contributed by atoms with Gasteiger partial charge < -0.3 is 40.9 Å². The Bertz CT molecular complexity index is 1940. The van der Waals surface area contributed by atoms with Gasteiger partial charge in [-0.05, 0) is 55.7 Å². The Morgan fingerprint density at radius 1 is 0.932 bits per heavy atom. The lowest BCUT2D eigenvalue weighted by molar-refractivity contribution is -0.193. The molecule has 2 fully saturated rings. The van der Waals surface area contributed by atoms with Crippen molar-refractivity contribution in [2.45, 2.75) is 69.5 Å². The van der Waals surface area contributed by atoms with E-state index in [-0.39, 0.29) is 24.5 Å². The number of nitrogens with zero attached hydrogens (tertiary/aromatic N) is 4. The average molecular weight is 860 g/mol. The summed E-state index contributed by atoms with van der Waals surface area (Å²) >= 11 is 6.65. The van der Waals surface area contributed by atoms with E-state index in [1.807, 2.05) is 17.0 Å². The third kappa shape index (κ3) is 14.0. The first-order chi connectivity index (χ1) is 27.8. The quantitative estimate of drug-likeness (QED) is 0.134. The molecular formula is C37H40ClF6N7O8. The number of rotatable bonds is 9. The number of carboxylic acids is 2. The molecule has 0 spiro atoms. The largest absolute Gasteiger partial charge is 0.490 e. The molecule has 1 saturated heterocycles. The van der Waals surface area contributed by atoms with Crippen molar-refractivity contribution in [2.24, 2.45) is 5.92 Å². The van der Waals surface area contributed by atoms with E-state index in [0.717, 1.165) is 38.5 Å². The van der Waals surface area contributed by atoms with Crippen molar-refractivity contribution in [3.63, 3.8) is 0 Å². The molecule has 0 radical (unpaired) electrons. The molecule has 0 bridgehead atoms. The number of carbonyl (C=O) groups excluding carboxylic acids is 2. The molecule has 59 heavy (non-hydrogen) atoms. The maximum absolute atomic E-state index is 13.1. The number of nitrogens with one attached hydrogen (secondary N) is 3. The number of benzene rings is 1. The van der Waals surface area contributed by atoms with E-state index < -0.39 is 30.4 Å². The van der Waals surface area contributed by atoms with Crippen LogP contribution in [0.15, 0.2) is 54.5 Å². The van der Waals surface area contributed by atoms with Gasteiger partial charge in [-0.25, -0.2) is 19.6 Å². The van der Waals surface area contributed by atoms with Gasteiger partial charge in [-0.2, -0.15) is 26.3 Å². The topological polar surface area (TPSA) is 216 Å². The molecule has 1 unspecified atom stereocenters. The minimum atomic E-state index is -5.08. The molecule has 320 valence electrons. The standard InChI is InChI=1S/C33H38ClN7O4.2C2HF3O2/c34-26-18-23(8-9-29(26)45-24-11-15-41(16-12-24)33(44)21-5-1-2-6-21)40-31-25-17-22(10-14-36-30(25)38-20-39-31)32(43)37-19-28(42)27-7-3-4-13-35-27;2*3-2(4,5)1(6)7/h3-4,7-9,13,17-18,20-21,24,28,42H,1-2,5-6,10-12,14-16,19H2,(H,37,43)(H2,36,38,39,40);2*(H,6,7). The van der Waals surface area contributed by atoms with E-state index in [1.165, 1.54) is 6.33 Å². The average Bonchev–Trinajstić information content (AvgIpc) is 3.64. The summed E-state index contributed by atoms with van der Waals surface area (Å²) in [6.07, 6.45) is 0.113. The van der Waals surface area contributed by atoms with Crippen LogP contribution in [0.5, 0.6) is 5.75 Å². The number of alkyl halides is 6. The molecule has 3 aromatic rings. The number of aliphatic carboxylic acids is 2. The van der Waals surface area contributed by atoms with Crippen molar-refractivity contribution in [3.05, 3.63) is 70.8 Å². The number of carbonyl (C=O) groups is 4. The van der Waals surface area contributed by atoms with Crippen LogP contribution in [-0.4, -0.2) is 104 Å². The fourth-order valence-corrected chi connectivity index (χ4v) is 6.33. The van der Waals surface area contributed by atoms with Crippen molar-refractivity contribution in [3.8, 4) is 5.75 Å². The fraction of sp³-hybridized carbons (Fsp3) is 0.432. The number of ether oxygens (including phenoxy) is 1. The summed E-state index contributed by atoms with van der Waals surface area (Å²) in [6.45, 7) is 1.97. The molecule has 2 aliphatic heterocycles. The van der Waals surface area contributed by atoms with Gasteiger partial charge in [0.15, 0.2) is 0 Å². The molecule has 22 heteroatoms. The van der Waals surface area contributed by atoms with Gasteiger partial charge in [-0.3, -0.25) is 14.6 Å². The second kappa shape index (κ2) is 20.8. The zero-order valence-corrected chi connectivity index (χ0v) is 31.8. The van der Waals surface area contributed by atoms with E-state index in [2.05, 4.69) is 30.9 Å². The molecular weight excluding hydrogens is 820 g/mol. The lowest BCUT2D eigenvalue weighted by atomic mass is 10.0. The maximum atomic E-state index is 13.1. The van der Waals surface area contributed by atoms with E-state index in [1.54, 1.807) is 36.5 Å². The zero-order chi connectivity index (χ0) is 43.3. The Morgan fingerprint density at radius 2 is 1.58 bits per heavy atom. The van der Waals surface area contributed by atoms with Gasteiger partial charge in [0.2, 0.25) is 11.8 Å². The number of piperidine rings is 1. The third-order valence-corrected chi connectivity index (χ3v) is 9.39. The molecule has 4 heterocycles. The first kappa shape index (κ1) is 46.0. The van der Waals surface area contributed by atoms with E-state index in [0.29, 0.717) is 76.9 Å². The van der Waals surface area contributed by atoms with Gasteiger partial charge in [-0.15, -0.1) is 0 Å². The van der Waals surface area contributed by atoms with Gasteiger partial charge in [0, 0.05) is 62.4 Å². The van der Waals surface area contributed by atoms with E-state index in [4.69, 9.17) is 36.1 Å². The van der Waals surface area contributed by atoms with Crippen LogP contribution in [0.25, 0.3) is 6.08 Å². The minimum Gasteiger partial charge on any atom is -0.489 e. The predicted molar refractivity (Wildman–Crippen MR) is 200 cm³/mol. The highest BCUT2D eigenvalue weighted by atomic mass is 35.5. The van der Waals surface area contributed by atoms with Crippen LogP contribution in [0.3, 0.4) is 0 Å². The molecule has 6 rings (SSSR count). The van der Waals surface area contributed by atoms with E-state index in [9.17, 15) is 41.0 Å². The second-order valence-corrected chi connectivity index (χ2v) is 13.7. The van der Waals surface area contributed by atoms with Crippen LogP contribution >= 0.6 is 11.6 Å². The highest BCUT2D eigenvalue weighted by molar-refractivity contribution is 6.32. The smallest absolute Gasteiger partial charge is 0.489 e. The number of anilines is 3. The number of fused-ring (bicyclic) bond motifs is 1. The number of halogens is 7. The Balaban J connectivity index is 0.000000471. The highest BCUT2D eigenvalue weighted by Crippen LogP contribution is 2.34. The SMILES string of the molecule is O=C(NCC(O)c1ccccn1)C1=Cc2c(ncnc2Nc2ccc(OC3CCN(C(=O)C4CCCC4)CC3)c(Cl)c2)NCC1.O=C(O)C(F)(F)F.O=C(O)C(F)(F)F. The molecule has 1 aromatic carbocycles. The number of pyridine rings is 1. The van der Waals surface area contributed by atoms with Crippen LogP contribution in [0.1, 0.15) is 62.3 Å². The van der Waals surface area contributed by atoms with Crippen molar-refractivity contribution in [2.75, 3.05) is 36.8 Å². The molecule has 2 amide bonds.